The van der Waals surface area contributed by atoms with Crippen molar-refractivity contribution in [3.8, 4) is 5.75 Å². The van der Waals surface area contributed by atoms with Gasteiger partial charge in [0.15, 0.2) is 12.3 Å². The molecule has 0 fully saturated rings. The summed E-state index contributed by atoms with van der Waals surface area (Å²) < 4.78 is 11.8. The van der Waals surface area contributed by atoms with E-state index < -0.39 is 12.6 Å². The molecule has 1 heterocycles. The van der Waals surface area contributed by atoms with Gasteiger partial charge in [0.2, 0.25) is 0 Å². The number of rotatable bonds is 9. The Balaban J connectivity index is 1.58. The van der Waals surface area contributed by atoms with Crippen LogP contribution in [0.1, 0.15) is 17.4 Å². The molecule has 0 bridgehead atoms. The summed E-state index contributed by atoms with van der Waals surface area (Å²) in [4.78, 5) is 38.4. The van der Waals surface area contributed by atoms with Crippen LogP contribution in [0, 0.1) is 0 Å². The number of amides is 1. The van der Waals surface area contributed by atoms with Gasteiger partial charge in [-0.2, -0.15) is 5.10 Å². The largest absolute Gasteiger partial charge is 0.492 e. The Morgan fingerprint density at radius 3 is 2.32 bits per heavy atom. The summed E-state index contributed by atoms with van der Waals surface area (Å²) in [5, 5.41) is 4.03. The molecule has 31 heavy (non-hydrogen) atoms. The van der Waals surface area contributed by atoms with Crippen LogP contribution in [0.2, 0.25) is 0 Å². The van der Waals surface area contributed by atoms with Crippen molar-refractivity contribution in [2.75, 3.05) is 24.7 Å². The molecule has 3 aromatic rings. The van der Waals surface area contributed by atoms with Gasteiger partial charge in [-0.3, -0.25) is 9.59 Å². The van der Waals surface area contributed by atoms with E-state index in [1.807, 2.05) is 43.3 Å². The molecule has 0 atom stereocenters. The summed E-state index contributed by atoms with van der Waals surface area (Å²) in [6.07, 6.45) is 0. The topological polar surface area (TPSA) is 90.7 Å². The number of anilines is 1. The number of carbonyl (C=O) groups excluding carboxylic acids is 2. The molecule has 1 aromatic heterocycles. The van der Waals surface area contributed by atoms with Crippen molar-refractivity contribution in [1.29, 1.82) is 0 Å². The molecule has 0 spiro atoms. The van der Waals surface area contributed by atoms with Crippen LogP contribution < -0.4 is 15.2 Å². The summed E-state index contributed by atoms with van der Waals surface area (Å²) in [7, 11) is 0. The van der Waals surface area contributed by atoms with Crippen LogP contribution in [0.25, 0.3) is 0 Å². The Morgan fingerprint density at radius 2 is 1.65 bits per heavy atom. The van der Waals surface area contributed by atoms with Crippen molar-refractivity contribution in [2.24, 2.45) is 0 Å². The van der Waals surface area contributed by atoms with Crippen LogP contribution >= 0.6 is 0 Å². The maximum atomic E-state index is 12.5. The molecule has 0 aliphatic carbocycles. The molecule has 0 aliphatic heterocycles. The fraction of sp³-hybridized carbons (Fsp3) is 0.217. The van der Waals surface area contributed by atoms with Gasteiger partial charge in [0.1, 0.15) is 12.4 Å². The number of esters is 1. The molecule has 8 nitrogen and oxygen atoms in total. The van der Waals surface area contributed by atoms with Crippen LogP contribution in [0.5, 0.6) is 5.75 Å². The first-order valence-corrected chi connectivity index (χ1v) is 9.87. The second-order valence-corrected chi connectivity index (χ2v) is 6.49. The third-order valence-corrected chi connectivity index (χ3v) is 4.40. The number of ether oxygens (including phenoxy) is 2. The zero-order valence-electron chi connectivity index (χ0n) is 17.1. The number of nitrogens with zero attached hydrogens (tertiary/aromatic N) is 3. The number of hydrogen-bond donors (Lipinski definition) is 0. The lowest BCUT2D eigenvalue weighted by molar-refractivity contribution is -0.121. The highest BCUT2D eigenvalue weighted by atomic mass is 16.5. The minimum absolute atomic E-state index is 0.0603. The van der Waals surface area contributed by atoms with Crippen molar-refractivity contribution in [1.82, 2.24) is 9.78 Å². The van der Waals surface area contributed by atoms with Gasteiger partial charge in [-0.1, -0.05) is 36.4 Å². The highest BCUT2D eigenvalue weighted by molar-refractivity contribution is 5.96. The number of benzene rings is 2. The van der Waals surface area contributed by atoms with Gasteiger partial charge in [0.05, 0.1) is 6.54 Å². The molecule has 1 amide bonds. The van der Waals surface area contributed by atoms with Crippen LogP contribution in [0.4, 0.5) is 5.69 Å². The average Bonchev–Trinajstić information content (AvgIpc) is 2.80. The Bertz CT molecular complexity index is 1070. The van der Waals surface area contributed by atoms with Crippen molar-refractivity contribution in [3.05, 3.63) is 88.8 Å². The Labute approximate surface area is 179 Å². The normalized spacial score (nSPS) is 10.4. The summed E-state index contributed by atoms with van der Waals surface area (Å²) in [6, 6.07) is 20.8. The zero-order valence-corrected chi connectivity index (χ0v) is 17.1. The van der Waals surface area contributed by atoms with E-state index in [9.17, 15) is 14.4 Å². The maximum absolute atomic E-state index is 12.5. The summed E-state index contributed by atoms with van der Waals surface area (Å²) in [5.74, 6) is -0.467. The zero-order chi connectivity index (χ0) is 22.1. The molecule has 0 aliphatic rings. The van der Waals surface area contributed by atoms with E-state index in [1.54, 1.807) is 24.3 Å². The van der Waals surface area contributed by atoms with E-state index in [-0.39, 0.29) is 30.3 Å². The molecule has 2 aromatic carbocycles. The maximum Gasteiger partial charge on any atom is 0.359 e. The van der Waals surface area contributed by atoms with Gasteiger partial charge >= 0.3 is 5.97 Å². The lowest BCUT2D eigenvalue weighted by atomic mass is 10.3. The quantitative estimate of drug-likeness (QED) is 0.493. The Hall–Kier alpha value is -3.94. The smallest absolute Gasteiger partial charge is 0.359 e. The lowest BCUT2D eigenvalue weighted by Crippen LogP contribution is -2.35. The molecule has 160 valence electrons. The molecule has 0 saturated carbocycles. The molecule has 8 heteroatoms. The van der Waals surface area contributed by atoms with Crippen molar-refractivity contribution >= 4 is 17.6 Å². The fourth-order valence-corrected chi connectivity index (χ4v) is 2.87. The standard InChI is InChI=1S/C23H23N3O5/c1-2-25(18-9-5-3-6-10-18)22(28)17-31-23(29)20-13-14-21(27)26(24-20)15-16-30-19-11-7-4-8-12-19/h3-14H,2,15-17H2,1H3. The number of hydrogen-bond acceptors (Lipinski definition) is 6. The first kappa shape index (κ1) is 21.8. The van der Waals surface area contributed by atoms with E-state index in [1.165, 1.54) is 17.0 Å². The molecular formula is C23H23N3O5. The van der Waals surface area contributed by atoms with Gasteiger partial charge in [-0.15, -0.1) is 0 Å². The molecule has 0 unspecified atom stereocenters. The van der Waals surface area contributed by atoms with Crippen molar-refractivity contribution in [2.45, 2.75) is 13.5 Å². The third-order valence-electron chi connectivity index (χ3n) is 4.40. The Morgan fingerprint density at radius 1 is 0.968 bits per heavy atom. The first-order chi connectivity index (χ1) is 15.1. The Kier molecular flexibility index (Phi) is 7.53. The van der Waals surface area contributed by atoms with Gasteiger partial charge in [-0.05, 0) is 37.3 Å². The number of carbonyl (C=O) groups is 2. The highest BCUT2D eigenvalue weighted by Gasteiger charge is 2.18. The SMILES string of the molecule is CCN(C(=O)COC(=O)c1ccc(=O)n(CCOc2ccccc2)n1)c1ccccc1. The summed E-state index contributed by atoms with van der Waals surface area (Å²) in [5.41, 5.74) is 0.288. The first-order valence-electron chi connectivity index (χ1n) is 9.87. The summed E-state index contributed by atoms with van der Waals surface area (Å²) >= 11 is 0. The minimum atomic E-state index is -0.782. The fourth-order valence-electron chi connectivity index (χ4n) is 2.87. The highest BCUT2D eigenvalue weighted by Crippen LogP contribution is 2.13. The number of aromatic nitrogens is 2. The monoisotopic (exact) mass is 421 g/mol. The van der Waals surface area contributed by atoms with E-state index >= 15 is 0 Å². The van der Waals surface area contributed by atoms with E-state index in [2.05, 4.69) is 5.10 Å². The van der Waals surface area contributed by atoms with E-state index in [0.717, 1.165) is 10.4 Å². The van der Waals surface area contributed by atoms with Crippen LogP contribution in [-0.4, -0.2) is 41.4 Å². The van der Waals surface area contributed by atoms with Gasteiger partial charge in [0.25, 0.3) is 11.5 Å². The van der Waals surface area contributed by atoms with Gasteiger partial charge < -0.3 is 14.4 Å². The second kappa shape index (κ2) is 10.7. The van der Waals surface area contributed by atoms with Gasteiger partial charge in [0, 0.05) is 18.3 Å². The van der Waals surface area contributed by atoms with Crippen LogP contribution in [0.3, 0.4) is 0 Å². The van der Waals surface area contributed by atoms with Gasteiger partial charge in [-0.25, -0.2) is 9.48 Å². The molecule has 0 radical (unpaired) electrons. The summed E-state index contributed by atoms with van der Waals surface area (Å²) in [6.45, 7) is 2.20. The van der Waals surface area contributed by atoms with E-state index in [4.69, 9.17) is 9.47 Å². The number of para-hydroxylation sites is 2. The molecular weight excluding hydrogens is 398 g/mol. The van der Waals surface area contributed by atoms with E-state index in [0.29, 0.717) is 12.3 Å². The van der Waals surface area contributed by atoms with Crippen molar-refractivity contribution in [3.63, 3.8) is 0 Å². The average molecular weight is 421 g/mol. The van der Waals surface area contributed by atoms with Crippen LogP contribution in [-0.2, 0) is 16.1 Å². The molecule has 0 N–H and O–H groups in total. The minimum Gasteiger partial charge on any atom is -0.492 e. The number of likely N-dealkylation sites (N-methyl/N-ethyl adjacent to an activating group) is 1. The predicted molar refractivity (Wildman–Crippen MR) is 115 cm³/mol. The van der Waals surface area contributed by atoms with Crippen molar-refractivity contribution < 1.29 is 19.1 Å². The molecule has 3 rings (SSSR count). The molecule has 0 saturated heterocycles. The second-order valence-electron chi connectivity index (χ2n) is 6.49. The predicted octanol–water partition coefficient (Wildman–Crippen LogP) is 2.53. The lowest BCUT2D eigenvalue weighted by Gasteiger charge is -2.20. The van der Waals surface area contributed by atoms with Crippen LogP contribution in [0.15, 0.2) is 77.6 Å². The third kappa shape index (κ3) is 6.02.